The summed E-state index contributed by atoms with van der Waals surface area (Å²) < 4.78 is 31.9. The van der Waals surface area contributed by atoms with Gasteiger partial charge in [-0.15, -0.1) is 5.10 Å². The maximum atomic E-state index is 13.3. The van der Waals surface area contributed by atoms with E-state index in [1.807, 2.05) is 0 Å². The Hall–Kier alpha value is -1.73. The maximum absolute atomic E-state index is 13.3. The van der Waals surface area contributed by atoms with Crippen LogP contribution in [0.4, 0.5) is 14.8 Å². The van der Waals surface area contributed by atoms with Crippen molar-refractivity contribution in [3.8, 4) is 0 Å². The minimum absolute atomic E-state index is 0.00427. The molecule has 120 valence electrons. The molecule has 3 aliphatic carbocycles. The second-order valence-electron chi connectivity index (χ2n) is 6.81. The molecule has 4 rings (SSSR count). The van der Waals surface area contributed by atoms with E-state index in [4.69, 9.17) is 4.42 Å². The molecule has 0 bridgehead atoms. The molecule has 0 saturated heterocycles. The number of anilines is 1. The van der Waals surface area contributed by atoms with E-state index in [1.165, 1.54) is 0 Å². The fraction of sp³-hybridized carbons (Fsp3) is 0.786. The molecule has 3 saturated carbocycles. The van der Waals surface area contributed by atoms with E-state index in [1.54, 1.807) is 0 Å². The maximum Gasteiger partial charge on any atom is 0.316 e. The molecule has 2 atom stereocenters. The van der Waals surface area contributed by atoms with Crippen molar-refractivity contribution in [1.82, 2.24) is 15.5 Å². The first-order valence-electron chi connectivity index (χ1n) is 7.74. The molecule has 2 N–H and O–H groups in total. The molecule has 1 heterocycles. The van der Waals surface area contributed by atoms with E-state index in [2.05, 4.69) is 20.8 Å². The first-order chi connectivity index (χ1) is 10.5. The van der Waals surface area contributed by atoms with Crippen LogP contribution in [0.25, 0.3) is 0 Å². The summed E-state index contributed by atoms with van der Waals surface area (Å²) in [6, 6.07) is 0.622. The van der Waals surface area contributed by atoms with E-state index >= 15 is 0 Å². The van der Waals surface area contributed by atoms with E-state index in [9.17, 15) is 13.6 Å². The number of nitrogens with one attached hydrogen (secondary N) is 2. The summed E-state index contributed by atoms with van der Waals surface area (Å²) in [4.78, 5) is 11.9. The molecule has 1 aromatic rings. The molecule has 3 fully saturated rings. The number of amides is 1. The Balaban J connectivity index is 1.27. The molecule has 1 aromatic heterocycles. The Labute approximate surface area is 126 Å². The zero-order valence-corrected chi connectivity index (χ0v) is 12.1. The summed E-state index contributed by atoms with van der Waals surface area (Å²) in [5, 5.41) is 13.2. The van der Waals surface area contributed by atoms with Gasteiger partial charge in [-0.1, -0.05) is 5.10 Å². The fourth-order valence-corrected chi connectivity index (χ4v) is 3.37. The van der Waals surface area contributed by atoms with Crippen LogP contribution in [0.3, 0.4) is 0 Å². The molecule has 8 heteroatoms. The van der Waals surface area contributed by atoms with Crippen LogP contribution in [0.15, 0.2) is 4.42 Å². The van der Waals surface area contributed by atoms with Crippen LogP contribution in [0.2, 0.25) is 0 Å². The van der Waals surface area contributed by atoms with Gasteiger partial charge in [-0.25, -0.2) is 8.78 Å². The second kappa shape index (κ2) is 4.63. The molecule has 0 aliphatic heterocycles. The van der Waals surface area contributed by atoms with Gasteiger partial charge in [-0.3, -0.25) is 4.79 Å². The Morgan fingerprint density at radius 1 is 1.32 bits per heavy atom. The van der Waals surface area contributed by atoms with E-state index in [0.29, 0.717) is 25.4 Å². The Morgan fingerprint density at radius 3 is 2.73 bits per heavy atom. The lowest BCUT2D eigenvalue weighted by molar-refractivity contribution is 0.0644. The summed E-state index contributed by atoms with van der Waals surface area (Å²) in [5.74, 6) is -2.93. The third-order valence-corrected chi connectivity index (χ3v) is 5.00. The molecule has 1 amide bonds. The minimum Gasteiger partial charge on any atom is -0.399 e. The third kappa shape index (κ3) is 2.44. The Morgan fingerprint density at radius 2 is 2.09 bits per heavy atom. The lowest BCUT2D eigenvalue weighted by Gasteiger charge is -2.10. The molecular formula is C14H18F2N4O2. The molecule has 1 spiro atoms. The van der Waals surface area contributed by atoms with Gasteiger partial charge in [-0.05, 0) is 38.0 Å². The lowest BCUT2D eigenvalue weighted by atomic mass is 10.0. The number of nitrogens with zero attached hydrogens (tertiary/aromatic N) is 2. The van der Waals surface area contributed by atoms with Gasteiger partial charge in [0.2, 0.25) is 0 Å². The van der Waals surface area contributed by atoms with E-state index < -0.39 is 17.2 Å². The van der Waals surface area contributed by atoms with Crippen molar-refractivity contribution in [1.29, 1.82) is 0 Å². The highest BCUT2D eigenvalue weighted by molar-refractivity contribution is 5.89. The van der Waals surface area contributed by atoms with Crippen LogP contribution < -0.4 is 10.6 Å². The summed E-state index contributed by atoms with van der Waals surface area (Å²) in [6.45, 7) is 0.379. The first kappa shape index (κ1) is 13.9. The monoisotopic (exact) mass is 312 g/mol. The summed E-state index contributed by atoms with van der Waals surface area (Å²) >= 11 is 0. The van der Waals surface area contributed by atoms with Crippen LogP contribution in [0, 0.1) is 11.3 Å². The average molecular weight is 312 g/mol. The predicted molar refractivity (Wildman–Crippen MR) is 72.6 cm³/mol. The van der Waals surface area contributed by atoms with Gasteiger partial charge in [0.1, 0.15) is 0 Å². The van der Waals surface area contributed by atoms with Gasteiger partial charge in [0.25, 0.3) is 5.92 Å². The van der Waals surface area contributed by atoms with Crippen molar-refractivity contribution in [3.05, 3.63) is 5.89 Å². The van der Waals surface area contributed by atoms with Crippen molar-refractivity contribution in [2.75, 3.05) is 11.9 Å². The van der Waals surface area contributed by atoms with Crippen molar-refractivity contribution >= 4 is 11.9 Å². The quantitative estimate of drug-likeness (QED) is 0.871. The highest BCUT2D eigenvalue weighted by Gasteiger charge is 2.72. The van der Waals surface area contributed by atoms with E-state index in [-0.39, 0.29) is 24.2 Å². The molecule has 2 unspecified atom stereocenters. The number of aromatic nitrogens is 2. The van der Waals surface area contributed by atoms with Crippen molar-refractivity contribution < 1.29 is 18.0 Å². The molecule has 6 nitrogen and oxygen atoms in total. The zero-order chi connectivity index (χ0) is 15.4. The van der Waals surface area contributed by atoms with Gasteiger partial charge in [0, 0.05) is 24.4 Å². The second-order valence-corrected chi connectivity index (χ2v) is 6.81. The highest BCUT2D eigenvalue weighted by Crippen LogP contribution is 2.69. The first-order valence-corrected chi connectivity index (χ1v) is 7.74. The predicted octanol–water partition coefficient (Wildman–Crippen LogP) is 2.20. The summed E-state index contributed by atoms with van der Waals surface area (Å²) in [7, 11) is 0. The number of carbonyl (C=O) groups excluding carboxylic acids is 1. The number of hydrogen-bond acceptors (Lipinski definition) is 5. The Bertz CT molecular complexity index is 601. The average Bonchev–Trinajstić information content (AvgIpc) is 3.20. The van der Waals surface area contributed by atoms with Crippen LogP contribution in [-0.2, 0) is 0 Å². The number of carbonyl (C=O) groups is 1. The van der Waals surface area contributed by atoms with Crippen LogP contribution in [0.5, 0.6) is 0 Å². The topological polar surface area (TPSA) is 80.0 Å². The van der Waals surface area contributed by atoms with Gasteiger partial charge < -0.3 is 15.1 Å². The lowest BCUT2D eigenvalue weighted by Crippen LogP contribution is -2.29. The zero-order valence-electron chi connectivity index (χ0n) is 12.1. The molecule has 3 aliphatic rings. The van der Waals surface area contributed by atoms with E-state index in [0.717, 1.165) is 19.3 Å². The summed E-state index contributed by atoms with van der Waals surface area (Å²) in [5.41, 5.74) is -0.783. The number of alkyl halides is 2. The largest absolute Gasteiger partial charge is 0.399 e. The Kier molecular flexibility index (Phi) is 2.93. The molecule has 0 radical (unpaired) electrons. The van der Waals surface area contributed by atoms with Crippen LogP contribution in [-0.4, -0.2) is 34.6 Å². The molecule has 0 aromatic carbocycles. The van der Waals surface area contributed by atoms with Crippen molar-refractivity contribution in [2.45, 2.75) is 50.5 Å². The fourth-order valence-electron chi connectivity index (χ4n) is 3.37. The third-order valence-electron chi connectivity index (χ3n) is 5.00. The van der Waals surface area contributed by atoms with Crippen LogP contribution >= 0.6 is 0 Å². The smallest absolute Gasteiger partial charge is 0.316 e. The van der Waals surface area contributed by atoms with Gasteiger partial charge in [0.05, 0.1) is 0 Å². The van der Waals surface area contributed by atoms with Crippen molar-refractivity contribution in [3.63, 3.8) is 0 Å². The standard InChI is InChI=1S/C14H18F2N4O2/c15-14(16)7-13(14)4-3-8(5-13)6-17-10(21)11-19-20-12(22-11)18-9-1-2-9/h8-9H,1-7H2,(H,17,21)(H,18,20). The van der Waals surface area contributed by atoms with Crippen LogP contribution in [0.1, 0.15) is 49.2 Å². The van der Waals surface area contributed by atoms with Crippen molar-refractivity contribution in [2.24, 2.45) is 11.3 Å². The molecule has 22 heavy (non-hydrogen) atoms. The normalized spacial score (nSPS) is 32.2. The molecular weight excluding hydrogens is 294 g/mol. The number of hydrogen-bond donors (Lipinski definition) is 2. The minimum atomic E-state index is -2.50. The SMILES string of the molecule is O=C(NCC1CCC2(C1)CC2(F)F)c1nnc(NC2CC2)o1. The van der Waals surface area contributed by atoms with Gasteiger partial charge in [0.15, 0.2) is 0 Å². The van der Waals surface area contributed by atoms with Gasteiger partial charge >= 0.3 is 17.8 Å². The summed E-state index contributed by atoms with van der Waals surface area (Å²) in [6.07, 6.45) is 3.91. The number of halogens is 2. The van der Waals surface area contributed by atoms with Gasteiger partial charge in [-0.2, -0.15) is 0 Å². The highest BCUT2D eigenvalue weighted by atomic mass is 19.3. The number of rotatable bonds is 5.